The molecule has 7 heteroatoms. The Kier molecular flexibility index (Phi) is 5.41. The van der Waals surface area contributed by atoms with Crippen molar-refractivity contribution < 1.29 is 14.7 Å². The van der Waals surface area contributed by atoms with Crippen LogP contribution in [0.15, 0.2) is 11.6 Å². The van der Waals surface area contributed by atoms with Crippen molar-refractivity contribution >= 4 is 28.5 Å². The maximum atomic E-state index is 11.4. The quantitative estimate of drug-likeness (QED) is 0.726. The molecule has 1 heterocycles. The number of urea groups is 1. The summed E-state index contributed by atoms with van der Waals surface area (Å²) in [5, 5.41) is 16.1. The summed E-state index contributed by atoms with van der Waals surface area (Å²) in [5.74, 6) is -0.815. The first-order valence-electron chi connectivity index (χ1n) is 5.26. The van der Waals surface area contributed by atoms with Crippen LogP contribution in [0.1, 0.15) is 26.2 Å². The number of aromatic nitrogens is 1. The minimum absolute atomic E-state index is 0.0608. The van der Waals surface area contributed by atoms with Crippen LogP contribution in [0.3, 0.4) is 0 Å². The van der Waals surface area contributed by atoms with E-state index in [1.54, 1.807) is 11.6 Å². The number of carboxylic acid groups (broad SMARTS) is 1. The first kappa shape index (κ1) is 13.4. The number of nitrogens with one attached hydrogen (secondary N) is 2. The van der Waals surface area contributed by atoms with E-state index in [1.165, 1.54) is 11.3 Å². The first-order valence-corrected chi connectivity index (χ1v) is 6.14. The van der Waals surface area contributed by atoms with Gasteiger partial charge < -0.3 is 10.4 Å². The molecule has 0 saturated heterocycles. The molecule has 2 amide bonds. The van der Waals surface area contributed by atoms with Crippen LogP contribution in [0.4, 0.5) is 9.93 Å². The molecule has 0 radical (unpaired) electrons. The molecule has 94 valence electrons. The highest BCUT2D eigenvalue weighted by Gasteiger charge is 2.08. The molecule has 0 aliphatic heterocycles. The lowest BCUT2D eigenvalue weighted by molar-refractivity contribution is -0.137. The Morgan fingerprint density at radius 2 is 2.35 bits per heavy atom. The third kappa shape index (κ3) is 5.86. The van der Waals surface area contributed by atoms with Gasteiger partial charge in [-0.2, -0.15) is 0 Å². The zero-order chi connectivity index (χ0) is 12.7. The van der Waals surface area contributed by atoms with Crippen LogP contribution < -0.4 is 10.6 Å². The molecule has 0 saturated carbocycles. The van der Waals surface area contributed by atoms with Crippen molar-refractivity contribution in [3.63, 3.8) is 0 Å². The topological polar surface area (TPSA) is 91.3 Å². The van der Waals surface area contributed by atoms with Crippen molar-refractivity contribution in [1.29, 1.82) is 0 Å². The number of rotatable bonds is 6. The molecule has 6 nitrogen and oxygen atoms in total. The predicted octanol–water partition coefficient (Wildman–Crippen LogP) is 1.91. The summed E-state index contributed by atoms with van der Waals surface area (Å²) in [6.07, 6.45) is 2.92. The Morgan fingerprint density at radius 1 is 1.59 bits per heavy atom. The number of nitrogens with zero attached hydrogens (tertiary/aromatic N) is 1. The molecule has 0 spiro atoms. The van der Waals surface area contributed by atoms with Crippen LogP contribution >= 0.6 is 11.3 Å². The fraction of sp³-hybridized carbons (Fsp3) is 0.500. The van der Waals surface area contributed by atoms with Gasteiger partial charge in [0.05, 0.1) is 0 Å². The van der Waals surface area contributed by atoms with Gasteiger partial charge in [0.2, 0.25) is 0 Å². The van der Waals surface area contributed by atoms with Gasteiger partial charge in [-0.05, 0) is 19.8 Å². The highest BCUT2D eigenvalue weighted by atomic mass is 32.1. The van der Waals surface area contributed by atoms with E-state index in [0.717, 1.165) is 0 Å². The Balaban J connectivity index is 2.19. The molecule has 1 aromatic rings. The maximum absolute atomic E-state index is 11.4. The third-order valence-electron chi connectivity index (χ3n) is 2.06. The molecule has 0 aromatic carbocycles. The van der Waals surface area contributed by atoms with Crippen LogP contribution in [0.25, 0.3) is 0 Å². The number of amides is 2. The summed E-state index contributed by atoms with van der Waals surface area (Å²) < 4.78 is 0. The fourth-order valence-corrected chi connectivity index (χ4v) is 1.80. The van der Waals surface area contributed by atoms with Crippen molar-refractivity contribution in [1.82, 2.24) is 10.3 Å². The van der Waals surface area contributed by atoms with Crippen LogP contribution in [-0.4, -0.2) is 28.1 Å². The number of carbonyl (C=O) groups excluding carboxylic acids is 1. The van der Waals surface area contributed by atoms with Gasteiger partial charge in [-0.25, -0.2) is 9.78 Å². The zero-order valence-corrected chi connectivity index (χ0v) is 10.3. The molecule has 0 aliphatic rings. The van der Waals surface area contributed by atoms with E-state index in [2.05, 4.69) is 15.6 Å². The van der Waals surface area contributed by atoms with E-state index in [1.807, 2.05) is 6.92 Å². The Labute approximate surface area is 103 Å². The van der Waals surface area contributed by atoms with Crippen molar-refractivity contribution in [3.8, 4) is 0 Å². The van der Waals surface area contributed by atoms with E-state index in [-0.39, 0.29) is 18.5 Å². The summed E-state index contributed by atoms with van der Waals surface area (Å²) in [6.45, 7) is 1.84. The standard InChI is InChI=1S/C10H15N3O3S/c1-7(3-2-4-8(14)15)12-9(16)13-10-11-5-6-17-10/h5-7H,2-4H2,1H3,(H,14,15)(H2,11,12,13,16). The second-order valence-electron chi connectivity index (χ2n) is 3.62. The van der Waals surface area contributed by atoms with Crippen LogP contribution in [0.5, 0.6) is 0 Å². The van der Waals surface area contributed by atoms with E-state index < -0.39 is 5.97 Å². The second kappa shape index (κ2) is 6.85. The van der Waals surface area contributed by atoms with Gasteiger partial charge >= 0.3 is 12.0 Å². The molecule has 0 bridgehead atoms. The smallest absolute Gasteiger partial charge is 0.321 e. The second-order valence-corrected chi connectivity index (χ2v) is 4.52. The zero-order valence-electron chi connectivity index (χ0n) is 9.47. The average molecular weight is 257 g/mol. The third-order valence-corrected chi connectivity index (χ3v) is 2.75. The van der Waals surface area contributed by atoms with Gasteiger partial charge in [-0.15, -0.1) is 11.3 Å². The van der Waals surface area contributed by atoms with Crippen molar-refractivity contribution in [2.24, 2.45) is 0 Å². The lowest BCUT2D eigenvalue weighted by Crippen LogP contribution is -2.36. The number of hydrogen-bond acceptors (Lipinski definition) is 4. The van der Waals surface area contributed by atoms with Crippen molar-refractivity contribution in [3.05, 3.63) is 11.6 Å². The maximum Gasteiger partial charge on any atom is 0.321 e. The molecular weight excluding hydrogens is 242 g/mol. The lowest BCUT2D eigenvalue weighted by atomic mass is 10.1. The SMILES string of the molecule is CC(CCCC(=O)O)NC(=O)Nc1nccs1. The first-order chi connectivity index (χ1) is 8.08. The van der Waals surface area contributed by atoms with Gasteiger partial charge in [0.25, 0.3) is 0 Å². The van der Waals surface area contributed by atoms with E-state index >= 15 is 0 Å². The molecule has 1 atom stereocenters. The summed E-state index contributed by atoms with van der Waals surface area (Å²) in [4.78, 5) is 25.7. The molecule has 1 aromatic heterocycles. The van der Waals surface area contributed by atoms with Crippen molar-refractivity contribution in [2.75, 3.05) is 5.32 Å². The van der Waals surface area contributed by atoms with Gasteiger partial charge in [0.1, 0.15) is 0 Å². The number of thiazole rings is 1. The van der Waals surface area contributed by atoms with Crippen LogP contribution in [0.2, 0.25) is 0 Å². The average Bonchev–Trinajstić information content (AvgIpc) is 2.69. The van der Waals surface area contributed by atoms with Crippen LogP contribution in [-0.2, 0) is 4.79 Å². The molecule has 0 fully saturated rings. The molecule has 1 unspecified atom stereocenters. The number of carbonyl (C=O) groups is 2. The normalized spacial score (nSPS) is 11.8. The highest BCUT2D eigenvalue weighted by Crippen LogP contribution is 2.10. The predicted molar refractivity (Wildman–Crippen MR) is 65.2 cm³/mol. The molecular formula is C10H15N3O3S. The van der Waals surface area contributed by atoms with Gasteiger partial charge in [-0.1, -0.05) is 0 Å². The summed E-state index contributed by atoms with van der Waals surface area (Å²) in [6, 6.07) is -0.378. The largest absolute Gasteiger partial charge is 0.481 e. The summed E-state index contributed by atoms with van der Waals surface area (Å²) in [5.41, 5.74) is 0. The van der Waals surface area contributed by atoms with Gasteiger partial charge in [0.15, 0.2) is 5.13 Å². The number of hydrogen-bond donors (Lipinski definition) is 3. The Morgan fingerprint density at radius 3 is 2.94 bits per heavy atom. The molecule has 17 heavy (non-hydrogen) atoms. The lowest BCUT2D eigenvalue weighted by Gasteiger charge is -2.12. The van der Waals surface area contributed by atoms with Gasteiger partial charge in [-0.3, -0.25) is 10.1 Å². The monoisotopic (exact) mass is 257 g/mol. The number of aliphatic carboxylic acids is 1. The fourth-order valence-electron chi connectivity index (χ4n) is 1.27. The molecule has 0 aliphatic carbocycles. The van der Waals surface area contributed by atoms with Crippen molar-refractivity contribution in [2.45, 2.75) is 32.2 Å². The summed E-state index contributed by atoms with van der Waals surface area (Å²) >= 11 is 1.34. The Hall–Kier alpha value is -1.63. The van der Waals surface area contributed by atoms with Crippen LogP contribution in [0, 0.1) is 0 Å². The number of anilines is 1. The van der Waals surface area contributed by atoms with Gasteiger partial charge in [0, 0.05) is 24.0 Å². The molecule has 3 N–H and O–H groups in total. The Bertz CT molecular complexity index is 367. The number of carboxylic acids is 1. The summed E-state index contributed by atoms with van der Waals surface area (Å²) in [7, 11) is 0. The minimum Gasteiger partial charge on any atom is -0.481 e. The minimum atomic E-state index is -0.815. The van der Waals surface area contributed by atoms with E-state index in [9.17, 15) is 9.59 Å². The molecule has 1 rings (SSSR count). The van der Waals surface area contributed by atoms with E-state index in [0.29, 0.717) is 18.0 Å². The van der Waals surface area contributed by atoms with E-state index in [4.69, 9.17) is 5.11 Å². The highest BCUT2D eigenvalue weighted by molar-refractivity contribution is 7.13.